The number of alkyl halides is 3. The largest absolute Gasteiger partial charge is 0.465 e. The number of amides is 1. The molecule has 1 amide bonds. The van der Waals surface area contributed by atoms with Crippen molar-refractivity contribution >= 4 is 28.9 Å². The Morgan fingerprint density at radius 2 is 1.90 bits per heavy atom. The molecule has 1 unspecified atom stereocenters. The second-order valence-electron chi connectivity index (χ2n) is 9.10. The highest BCUT2D eigenvalue weighted by atomic mass is 35.5. The van der Waals surface area contributed by atoms with Crippen LogP contribution in [0.3, 0.4) is 0 Å². The Labute approximate surface area is 226 Å². The number of nitrogens with two attached hydrogens (primary N) is 1. The van der Waals surface area contributed by atoms with Crippen LogP contribution in [0.15, 0.2) is 42.6 Å². The van der Waals surface area contributed by atoms with E-state index in [1.165, 1.54) is 24.4 Å². The number of benzene rings is 1. The third-order valence-electron chi connectivity index (χ3n) is 6.11. The average molecular weight is 568 g/mol. The number of nitrogens with zero attached hydrogens (tertiary/aromatic N) is 5. The molecule has 0 aliphatic carbocycles. The predicted octanol–water partition coefficient (Wildman–Crippen LogP) is 4.18. The smallest absolute Gasteiger partial charge is 0.422 e. The van der Waals surface area contributed by atoms with E-state index < -0.39 is 36.4 Å². The van der Waals surface area contributed by atoms with Crippen LogP contribution in [-0.2, 0) is 4.79 Å². The maximum atomic E-state index is 14.5. The Kier molecular flexibility index (Phi) is 8.83. The Hall–Kier alpha value is -3.55. The molecule has 0 spiro atoms. The minimum absolute atomic E-state index is 0.00632. The Bertz CT molecular complexity index is 1320. The highest BCUT2D eigenvalue weighted by molar-refractivity contribution is 6.30. The predicted molar refractivity (Wildman–Crippen MR) is 137 cm³/mol. The number of likely N-dealkylation sites (N-methyl/N-ethyl adjacent to an activating group) is 1. The van der Waals surface area contributed by atoms with Crippen molar-refractivity contribution in [1.82, 2.24) is 25.0 Å². The molecule has 0 radical (unpaired) electrons. The summed E-state index contributed by atoms with van der Waals surface area (Å²) < 4.78 is 58.0. The van der Waals surface area contributed by atoms with Gasteiger partial charge in [-0.15, -0.1) is 10.2 Å². The van der Waals surface area contributed by atoms with Gasteiger partial charge in [0, 0.05) is 55.1 Å². The maximum absolute atomic E-state index is 14.5. The van der Waals surface area contributed by atoms with E-state index in [-0.39, 0.29) is 28.4 Å². The van der Waals surface area contributed by atoms with Crippen LogP contribution < -0.4 is 15.8 Å². The van der Waals surface area contributed by atoms with Crippen LogP contribution in [0.4, 0.5) is 28.9 Å². The lowest BCUT2D eigenvalue weighted by molar-refractivity contribution is -0.154. The van der Waals surface area contributed by atoms with E-state index in [9.17, 15) is 22.4 Å². The van der Waals surface area contributed by atoms with E-state index >= 15 is 0 Å². The van der Waals surface area contributed by atoms with Crippen molar-refractivity contribution in [3.05, 3.63) is 59.1 Å². The Morgan fingerprint density at radius 3 is 2.59 bits per heavy atom. The van der Waals surface area contributed by atoms with Crippen LogP contribution >= 0.6 is 11.6 Å². The average Bonchev–Trinajstić information content (AvgIpc) is 2.88. The summed E-state index contributed by atoms with van der Waals surface area (Å²) in [5.41, 5.74) is 6.53. The van der Waals surface area contributed by atoms with E-state index in [1.807, 2.05) is 7.05 Å². The topological polar surface area (TPSA) is 110 Å². The molecular weight excluding hydrogens is 542 g/mol. The third-order valence-corrected chi connectivity index (χ3v) is 6.35. The number of aromatic nitrogens is 3. The van der Waals surface area contributed by atoms with Crippen molar-refractivity contribution in [2.45, 2.75) is 18.6 Å². The van der Waals surface area contributed by atoms with E-state index in [1.54, 1.807) is 12.1 Å². The molecule has 0 bridgehead atoms. The fourth-order valence-electron chi connectivity index (χ4n) is 4.16. The highest BCUT2D eigenvalue weighted by Crippen LogP contribution is 2.33. The van der Waals surface area contributed by atoms with Gasteiger partial charge in [-0.3, -0.25) is 14.7 Å². The Balaban J connectivity index is 1.68. The molecule has 3 heterocycles. The van der Waals surface area contributed by atoms with Crippen LogP contribution in [0.1, 0.15) is 18.2 Å². The maximum Gasteiger partial charge on any atom is 0.422 e. The number of anilines is 2. The van der Waals surface area contributed by atoms with Gasteiger partial charge in [-0.05, 0) is 43.4 Å². The number of carbonyl (C=O) groups excluding carboxylic acids is 1. The number of hydrogen-bond donors (Lipinski definition) is 2. The molecular formula is C25H26ClF4N7O2. The first-order chi connectivity index (χ1) is 18.5. The first kappa shape index (κ1) is 28.5. The van der Waals surface area contributed by atoms with Gasteiger partial charge in [-0.2, -0.15) is 13.2 Å². The van der Waals surface area contributed by atoms with Gasteiger partial charge in [-0.25, -0.2) is 4.39 Å². The second kappa shape index (κ2) is 12.1. The fourth-order valence-corrected chi connectivity index (χ4v) is 4.33. The molecule has 14 heteroatoms. The third kappa shape index (κ3) is 7.74. The molecule has 3 N–H and O–H groups in total. The number of hydrogen-bond acceptors (Lipinski definition) is 8. The molecule has 4 rings (SSSR count). The first-order valence-electron chi connectivity index (χ1n) is 11.9. The first-order valence-corrected chi connectivity index (χ1v) is 12.3. The van der Waals surface area contributed by atoms with Crippen LogP contribution in [-0.4, -0.2) is 76.9 Å². The van der Waals surface area contributed by atoms with E-state index in [0.29, 0.717) is 24.5 Å². The van der Waals surface area contributed by atoms with Crippen molar-refractivity contribution in [1.29, 1.82) is 0 Å². The summed E-state index contributed by atoms with van der Waals surface area (Å²) in [4.78, 5) is 20.6. The van der Waals surface area contributed by atoms with Gasteiger partial charge in [0.1, 0.15) is 11.5 Å². The van der Waals surface area contributed by atoms with Crippen molar-refractivity contribution in [2.75, 3.05) is 45.2 Å². The van der Waals surface area contributed by atoms with E-state index in [2.05, 4.69) is 30.3 Å². The van der Waals surface area contributed by atoms with Gasteiger partial charge in [-0.1, -0.05) is 11.6 Å². The number of piperazine rings is 1. The van der Waals surface area contributed by atoms with Crippen molar-refractivity contribution in [2.24, 2.45) is 5.73 Å². The number of rotatable bonds is 9. The summed E-state index contributed by atoms with van der Waals surface area (Å²) in [7, 11) is 2.01. The molecule has 1 saturated heterocycles. The quantitative estimate of drug-likeness (QED) is 0.371. The minimum atomic E-state index is -4.62. The van der Waals surface area contributed by atoms with Crippen LogP contribution in [0, 0.1) is 5.82 Å². The number of carbonyl (C=O) groups is 1. The van der Waals surface area contributed by atoms with Gasteiger partial charge in [0.2, 0.25) is 5.91 Å². The molecule has 1 atom stereocenters. The number of pyridine rings is 1. The molecule has 0 saturated carbocycles. The van der Waals surface area contributed by atoms with Crippen molar-refractivity contribution < 1.29 is 27.1 Å². The van der Waals surface area contributed by atoms with Gasteiger partial charge in [0.05, 0.1) is 17.4 Å². The highest BCUT2D eigenvalue weighted by Gasteiger charge is 2.30. The van der Waals surface area contributed by atoms with Gasteiger partial charge in [0.25, 0.3) is 5.88 Å². The van der Waals surface area contributed by atoms with E-state index in [0.717, 1.165) is 19.2 Å². The molecule has 9 nitrogen and oxygen atoms in total. The summed E-state index contributed by atoms with van der Waals surface area (Å²) >= 11 is 6.00. The molecule has 1 aliphatic rings. The zero-order valence-electron chi connectivity index (χ0n) is 20.9. The Morgan fingerprint density at radius 1 is 1.15 bits per heavy atom. The van der Waals surface area contributed by atoms with Gasteiger partial charge >= 0.3 is 6.18 Å². The summed E-state index contributed by atoms with van der Waals surface area (Å²) in [5, 5.41) is 10.8. The molecule has 2 aromatic heterocycles. The SMILES string of the molecule is CN1CCN(C(CC(N)=O)c2cc(Nc3cc(-c4cc(Cl)ccc4F)nnc3OCC(F)(F)F)ccn2)CC1. The summed E-state index contributed by atoms with van der Waals surface area (Å²) in [6, 6.07) is 8.00. The zero-order chi connectivity index (χ0) is 28.2. The molecule has 1 aromatic carbocycles. The lowest BCUT2D eigenvalue weighted by Crippen LogP contribution is -2.46. The standard InChI is InChI=1S/C25H26ClF4N7O2/c1-36-6-8-37(9-7-36)22(13-23(31)38)20-11-16(4-5-32-20)33-21-12-19(17-10-15(26)2-3-18(17)27)34-35-24(21)39-14-25(28,29)30/h2-5,10-12,22H,6-9,13-14H2,1H3,(H2,31,38)(H,32,33,34). The summed E-state index contributed by atoms with van der Waals surface area (Å²) in [6.07, 6.45) is -3.08. The lowest BCUT2D eigenvalue weighted by atomic mass is 10.1. The number of nitrogens with one attached hydrogen (secondary N) is 1. The number of ether oxygens (including phenoxy) is 1. The zero-order valence-corrected chi connectivity index (χ0v) is 21.6. The van der Waals surface area contributed by atoms with Crippen LogP contribution in [0.2, 0.25) is 5.02 Å². The van der Waals surface area contributed by atoms with Crippen LogP contribution in [0.25, 0.3) is 11.3 Å². The summed E-state index contributed by atoms with van der Waals surface area (Å²) in [5.74, 6) is -1.57. The minimum Gasteiger partial charge on any atom is -0.465 e. The van der Waals surface area contributed by atoms with Crippen molar-refractivity contribution in [3.8, 4) is 17.1 Å². The second-order valence-corrected chi connectivity index (χ2v) is 9.53. The van der Waals surface area contributed by atoms with E-state index in [4.69, 9.17) is 22.1 Å². The number of primary amides is 1. The van der Waals surface area contributed by atoms with Gasteiger partial charge in [0.15, 0.2) is 6.61 Å². The fraction of sp³-hybridized carbons (Fsp3) is 0.360. The monoisotopic (exact) mass is 567 g/mol. The molecule has 3 aromatic rings. The molecule has 39 heavy (non-hydrogen) atoms. The molecule has 208 valence electrons. The van der Waals surface area contributed by atoms with Gasteiger partial charge < -0.3 is 20.7 Å². The van der Waals surface area contributed by atoms with Crippen LogP contribution in [0.5, 0.6) is 5.88 Å². The van der Waals surface area contributed by atoms with Crippen molar-refractivity contribution in [3.63, 3.8) is 0 Å². The molecule has 1 fully saturated rings. The normalized spacial score (nSPS) is 15.6. The summed E-state index contributed by atoms with van der Waals surface area (Å²) in [6.45, 7) is 1.41. The lowest BCUT2D eigenvalue weighted by Gasteiger charge is -2.37. The molecule has 1 aliphatic heterocycles. The number of halogens is 5.